The number of carbonyl (C=O) groups is 1. The Balaban J connectivity index is 0.894. The molecule has 1 unspecified atom stereocenters. The lowest BCUT2D eigenvalue weighted by Gasteiger charge is -2.71. The summed E-state index contributed by atoms with van der Waals surface area (Å²) in [6.45, 7) is 13.0. The molecule has 0 aromatic heterocycles. The lowest BCUT2D eigenvalue weighted by Crippen LogP contribution is -2.67. The summed E-state index contributed by atoms with van der Waals surface area (Å²) in [6.07, 6.45) is -29.1. The number of aliphatic hydroxyl groups excluding tert-OH is 15. The van der Waals surface area contributed by atoms with Gasteiger partial charge in [0.15, 0.2) is 31.3 Å². The Morgan fingerprint density at radius 1 is 0.536 bits per heavy atom. The summed E-state index contributed by atoms with van der Waals surface area (Å²) in [4.78, 5) is 15.4. The van der Waals surface area contributed by atoms with Gasteiger partial charge < -0.3 is 124 Å². The number of carbonyl (C=O) groups excluding carboxylic acids is 1. The zero-order valence-electron chi connectivity index (χ0n) is 49.0. The molecule has 84 heavy (non-hydrogen) atoms. The molecule has 0 bridgehead atoms. The Bertz CT molecular complexity index is 2330. The van der Waals surface area contributed by atoms with Crippen molar-refractivity contribution in [1.29, 1.82) is 0 Å². The maximum atomic E-state index is 15.4. The number of rotatable bonds is 13. The van der Waals surface area contributed by atoms with Crippen molar-refractivity contribution in [2.24, 2.45) is 50.2 Å². The highest BCUT2D eigenvalue weighted by Crippen LogP contribution is 2.76. The van der Waals surface area contributed by atoms with Gasteiger partial charge >= 0.3 is 5.97 Å². The Morgan fingerprint density at radius 3 is 1.71 bits per heavy atom. The molecule has 10 aliphatic rings. The van der Waals surface area contributed by atoms with Crippen LogP contribution in [-0.2, 0) is 52.2 Å². The van der Waals surface area contributed by atoms with Crippen LogP contribution in [0.5, 0.6) is 0 Å². The fraction of sp³-hybridized carbons (Fsp3) is 0.948. The largest absolute Gasteiger partial charge is 0.432 e. The van der Waals surface area contributed by atoms with Crippen LogP contribution in [0.3, 0.4) is 0 Å². The molecule has 0 spiro atoms. The summed E-state index contributed by atoms with van der Waals surface area (Å²) in [5.74, 6) is -0.705. The van der Waals surface area contributed by atoms with E-state index in [0.717, 1.165) is 12.8 Å². The molecule has 10 rings (SSSR count). The highest BCUT2D eigenvalue weighted by atomic mass is 16.8. The van der Waals surface area contributed by atoms with E-state index in [4.69, 9.17) is 47.4 Å². The highest BCUT2D eigenvalue weighted by Gasteiger charge is 2.70. The molecule has 26 nitrogen and oxygen atoms in total. The molecule has 5 aliphatic heterocycles. The summed E-state index contributed by atoms with van der Waals surface area (Å²) >= 11 is 0. The van der Waals surface area contributed by atoms with E-state index in [9.17, 15) is 76.6 Å². The first-order chi connectivity index (χ1) is 39.4. The first-order valence-electron chi connectivity index (χ1n) is 30.2. The number of fused-ring (bicyclic) bond motifs is 7. The molecule has 9 fully saturated rings. The van der Waals surface area contributed by atoms with Crippen LogP contribution < -0.4 is 0 Å². The van der Waals surface area contributed by atoms with Crippen molar-refractivity contribution in [3.05, 3.63) is 11.6 Å². The SMILES string of the molecule is CC1(C)CC[C@]2(C(=O)O[C@@H]3O[C@H](CO)[C@@H](O)[C@H](O)[C@H]3O[C@@H]3O[C@H](CO)[C@@H](O)[C@H](O)[C@H]3O)CC[C@]3(C)C(=CC[C@@H]4[C@@]5(C)CCC(O[C@@H]6O[C@H](CO[C@@H]7OC[C@H](O)[C@H](O)[C@H]7O)[C@@H](O)[C@H](O)[C@H]6O[C@@H]6OC[C@@H](O)[C@H](O)[C@H]6O)C(C)(C)[C@@H]5CC[C@]43C)[C@@H]2C1. The Morgan fingerprint density at radius 2 is 1.07 bits per heavy atom. The number of ether oxygens (including phenoxy) is 10. The average Bonchev–Trinajstić information content (AvgIpc) is 0.709. The summed E-state index contributed by atoms with van der Waals surface area (Å²) in [6, 6.07) is 0. The van der Waals surface area contributed by atoms with Crippen LogP contribution in [-0.4, -0.2) is 263 Å². The molecule has 5 heterocycles. The maximum Gasteiger partial charge on any atom is 0.315 e. The second-order valence-corrected chi connectivity index (χ2v) is 28.2. The lowest BCUT2D eigenvalue weighted by molar-refractivity contribution is -0.374. The van der Waals surface area contributed by atoms with Gasteiger partial charge in [0.1, 0.15) is 104 Å². The third kappa shape index (κ3) is 11.0. The van der Waals surface area contributed by atoms with Crippen molar-refractivity contribution in [2.45, 2.75) is 260 Å². The van der Waals surface area contributed by atoms with Gasteiger partial charge in [-0.3, -0.25) is 4.79 Å². The van der Waals surface area contributed by atoms with Crippen LogP contribution in [0.4, 0.5) is 0 Å². The van der Waals surface area contributed by atoms with Gasteiger partial charge in [-0.25, -0.2) is 0 Å². The summed E-state index contributed by atoms with van der Waals surface area (Å²) in [5.41, 5.74) is -1.61. The minimum Gasteiger partial charge on any atom is -0.432 e. The molecule has 15 N–H and O–H groups in total. The smallest absolute Gasteiger partial charge is 0.315 e. The van der Waals surface area contributed by atoms with E-state index < -0.39 is 196 Å². The summed E-state index contributed by atoms with van der Waals surface area (Å²) in [7, 11) is 0. The molecule has 0 aromatic carbocycles. The fourth-order valence-corrected chi connectivity index (χ4v) is 17.3. The van der Waals surface area contributed by atoms with Crippen LogP contribution >= 0.6 is 0 Å². The fourth-order valence-electron chi connectivity index (χ4n) is 17.3. The van der Waals surface area contributed by atoms with Crippen molar-refractivity contribution in [2.75, 3.05) is 33.0 Å². The van der Waals surface area contributed by atoms with Crippen LogP contribution in [0.25, 0.3) is 0 Å². The Hall–Kier alpha value is -1.75. The monoisotopic (exact) mass is 1210 g/mol. The van der Waals surface area contributed by atoms with Gasteiger partial charge in [-0.15, -0.1) is 0 Å². The third-order valence-corrected chi connectivity index (χ3v) is 22.7. The molecule has 0 radical (unpaired) electrons. The van der Waals surface area contributed by atoms with E-state index in [1.807, 2.05) is 0 Å². The van der Waals surface area contributed by atoms with E-state index >= 15 is 4.79 Å². The summed E-state index contributed by atoms with van der Waals surface area (Å²) < 4.78 is 60.1. The van der Waals surface area contributed by atoms with E-state index in [2.05, 4.69) is 54.5 Å². The van der Waals surface area contributed by atoms with Gasteiger partial charge in [-0.2, -0.15) is 0 Å². The van der Waals surface area contributed by atoms with Crippen LogP contribution in [0, 0.1) is 50.2 Å². The molecule has 482 valence electrons. The molecule has 5 aliphatic carbocycles. The van der Waals surface area contributed by atoms with E-state index in [-0.39, 0.29) is 40.6 Å². The minimum absolute atomic E-state index is 0.0568. The molecular formula is C58H94O26. The van der Waals surface area contributed by atoms with Crippen LogP contribution in [0.15, 0.2) is 11.6 Å². The van der Waals surface area contributed by atoms with Crippen molar-refractivity contribution in [1.82, 2.24) is 0 Å². The van der Waals surface area contributed by atoms with Gasteiger partial charge in [0, 0.05) is 0 Å². The topological polar surface area (TPSA) is 413 Å². The van der Waals surface area contributed by atoms with E-state index in [0.29, 0.717) is 51.4 Å². The second-order valence-electron chi connectivity index (χ2n) is 28.2. The molecule has 5 saturated heterocycles. The zero-order chi connectivity index (χ0) is 61.1. The van der Waals surface area contributed by atoms with Gasteiger partial charge in [0.25, 0.3) is 0 Å². The van der Waals surface area contributed by atoms with Gasteiger partial charge in [-0.05, 0) is 109 Å². The van der Waals surface area contributed by atoms with Gasteiger partial charge in [-0.1, -0.05) is 60.1 Å². The second kappa shape index (κ2) is 24.1. The van der Waals surface area contributed by atoms with E-state index in [1.165, 1.54) is 5.57 Å². The van der Waals surface area contributed by atoms with Gasteiger partial charge in [0.05, 0.1) is 44.6 Å². The first-order valence-corrected chi connectivity index (χ1v) is 30.2. The number of esters is 1. The Kier molecular flexibility index (Phi) is 18.7. The van der Waals surface area contributed by atoms with Crippen LogP contribution in [0.2, 0.25) is 0 Å². The molecule has 26 heteroatoms. The van der Waals surface area contributed by atoms with Crippen molar-refractivity contribution >= 4 is 5.97 Å². The number of hydrogen-bond acceptors (Lipinski definition) is 26. The maximum absolute atomic E-state index is 15.4. The molecule has 4 saturated carbocycles. The highest BCUT2D eigenvalue weighted by molar-refractivity contribution is 5.79. The van der Waals surface area contributed by atoms with Crippen molar-refractivity contribution < 1.29 is 129 Å². The molecule has 0 aromatic rings. The predicted octanol–water partition coefficient (Wildman–Crippen LogP) is -2.93. The lowest BCUT2D eigenvalue weighted by atomic mass is 9.33. The van der Waals surface area contributed by atoms with Crippen molar-refractivity contribution in [3.8, 4) is 0 Å². The minimum atomic E-state index is -1.90. The normalized spacial score (nSPS) is 53.7. The summed E-state index contributed by atoms with van der Waals surface area (Å²) in [5, 5.41) is 160. The van der Waals surface area contributed by atoms with E-state index in [1.54, 1.807) is 0 Å². The van der Waals surface area contributed by atoms with Gasteiger partial charge in [0.2, 0.25) is 6.29 Å². The third-order valence-electron chi connectivity index (χ3n) is 22.7. The molecule has 0 amide bonds. The predicted molar refractivity (Wildman–Crippen MR) is 283 cm³/mol. The zero-order valence-corrected chi connectivity index (χ0v) is 49.0. The molecule has 31 atom stereocenters. The standard InChI is InChI=1S/C58H94O26/c1-53(2)14-16-58(52(74)84-51-46(40(69)37(66)29(20-60)79-51)83-49-44(73)39(68)36(65)28(19-59)78-49)17-15-56(6)24(25(58)18-53)8-9-32-55(5)12-11-33(54(3,4)31(55)10-13-57(32,56)7)81-50-45(82-48-43(72)35(64)27(62)22-76-48)41(70)38(67)30(80-50)23-77-47-42(71)34(63)26(61)21-75-47/h8,25-51,59-73H,9-23H2,1-7H3/t25-,26-,27+,28+,29+,30+,31-,32+,33?,34-,35-,36+,37+,38+,39-,40-,41-,42+,43+,44+,45+,46+,47-,48-,49-,50-,51-,55-,56+,57+,58-/m0/s1. The number of allylic oxidation sites excluding steroid dienone is 2. The number of aliphatic hydroxyl groups is 15. The number of hydrogen-bond donors (Lipinski definition) is 15. The van der Waals surface area contributed by atoms with Crippen molar-refractivity contribution in [3.63, 3.8) is 0 Å². The van der Waals surface area contributed by atoms with Crippen LogP contribution in [0.1, 0.15) is 113 Å². The Labute approximate surface area is 488 Å². The quantitative estimate of drug-likeness (QED) is 0.0499. The molecular weight excluding hydrogens is 1110 g/mol. The first kappa shape index (κ1) is 65.2. The average molecular weight is 1210 g/mol.